The van der Waals surface area contributed by atoms with Gasteiger partial charge in [-0.3, -0.25) is 14.6 Å². The third-order valence-corrected chi connectivity index (χ3v) is 6.09. The van der Waals surface area contributed by atoms with E-state index in [1.165, 1.54) is 26.6 Å². The minimum Gasteiger partial charge on any atom is -0.506 e. The summed E-state index contributed by atoms with van der Waals surface area (Å²) in [6.45, 7) is 2.20. The van der Waals surface area contributed by atoms with E-state index in [0.29, 0.717) is 51.7 Å². The van der Waals surface area contributed by atoms with Gasteiger partial charge in [0.2, 0.25) is 0 Å². The number of aromatic amines is 1. The Bertz CT molecular complexity index is 1390. The van der Waals surface area contributed by atoms with E-state index in [1.54, 1.807) is 30.3 Å². The summed E-state index contributed by atoms with van der Waals surface area (Å²) in [5, 5.41) is 22.6. The Labute approximate surface area is 214 Å². The molecule has 0 aliphatic carbocycles. The number of ether oxygens (including phenoxy) is 2. The molecule has 3 N–H and O–H groups in total. The predicted molar refractivity (Wildman–Crippen MR) is 141 cm³/mol. The quantitative estimate of drug-likeness (QED) is 0.387. The molecule has 0 bridgehead atoms. The molecule has 10 nitrogen and oxygen atoms in total. The zero-order valence-electron chi connectivity index (χ0n) is 21.0. The second kappa shape index (κ2) is 11.5. The predicted octanol–water partition coefficient (Wildman–Crippen LogP) is 3.48. The number of amides is 1. The molecule has 0 atom stereocenters. The minimum atomic E-state index is -0.461. The molecule has 2 aromatic heterocycles. The number of nitrogens with one attached hydrogen (secondary N) is 2. The van der Waals surface area contributed by atoms with Crippen molar-refractivity contribution in [3.8, 4) is 28.4 Å². The molecule has 3 aromatic rings. The molecular formula is C27H29N5O5. The Morgan fingerprint density at radius 1 is 1.05 bits per heavy atom. The Hall–Kier alpha value is -4.47. The number of hydrogen-bond acceptors (Lipinski definition) is 8. The number of benzene rings is 1. The topological polar surface area (TPSA) is 138 Å². The maximum Gasteiger partial charge on any atom is 0.261 e. The van der Waals surface area contributed by atoms with Gasteiger partial charge in [-0.15, -0.1) is 0 Å². The number of carbonyl (C=O) groups is 1. The van der Waals surface area contributed by atoms with E-state index in [0.717, 1.165) is 12.8 Å². The van der Waals surface area contributed by atoms with Crippen LogP contribution in [0.2, 0.25) is 0 Å². The molecule has 0 unspecified atom stereocenters. The fourth-order valence-electron chi connectivity index (χ4n) is 4.23. The first-order chi connectivity index (χ1) is 18.0. The maximum absolute atomic E-state index is 13.2. The van der Waals surface area contributed by atoms with Gasteiger partial charge in [0, 0.05) is 30.1 Å². The molecule has 10 heteroatoms. The lowest BCUT2D eigenvalue weighted by atomic mass is 9.94. The van der Waals surface area contributed by atoms with Crippen LogP contribution in [0.3, 0.4) is 0 Å². The van der Waals surface area contributed by atoms with Gasteiger partial charge in [0.1, 0.15) is 22.8 Å². The number of hydrogen-bond donors (Lipinski definition) is 3. The van der Waals surface area contributed by atoms with Crippen LogP contribution in [0.15, 0.2) is 57.7 Å². The van der Waals surface area contributed by atoms with Crippen molar-refractivity contribution in [3.63, 3.8) is 0 Å². The first-order valence-corrected chi connectivity index (χ1v) is 12.0. The summed E-state index contributed by atoms with van der Waals surface area (Å²) in [6, 6.07) is 8.55. The highest BCUT2D eigenvalue weighted by atomic mass is 16.5. The number of pyridine rings is 2. The molecule has 0 saturated carbocycles. The average molecular weight is 504 g/mol. The molecule has 1 aliphatic rings. The second-order valence-corrected chi connectivity index (χ2v) is 8.48. The number of H-pyrrole nitrogens is 1. The lowest BCUT2D eigenvalue weighted by molar-refractivity contribution is 0.0959. The molecule has 0 radical (unpaired) electrons. The first kappa shape index (κ1) is 25.6. The zero-order chi connectivity index (χ0) is 26.4. The van der Waals surface area contributed by atoms with Gasteiger partial charge in [-0.1, -0.05) is 19.4 Å². The Kier molecular flexibility index (Phi) is 7.97. The molecule has 1 aromatic carbocycles. The second-order valence-electron chi connectivity index (χ2n) is 8.48. The van der Waals surface area contributed by atoms with Crippen LogP contribution in [0.1, 0.15) is 47.8 Å². The lowest BCUT2D eigenvalue weighted by Gasteiger charge is -2.19. The summed E-state index contributed by atoms with van der Waals surface area (Å²) in [7, 11) is 3.07. The van der Waals surface area contributed by atoms with Crippen molar-refractivity contribution in [1.82, 2.24) is 15.3 Å². The van der Waals surface area contributed by atoms with Gasteiger partial charge in [-0.25, -0.2) is 0 Å². The molecular weight excluding hydrogens is 474 g/mol. The average Bonchev–Trinajstić information content (AvgIpc) is 3.39. The van der Waals surface area contributed by atoms with Gasteiger partial charge in [-0.2, -0.15) is 10.2 Å². The SMILES string of the molecule is CCCCc1[nH]c(=O)c(C2=NN=C(CNC(=O)c3ccncc3)C2)c(O)c1-c1c(OC)cccc1OC. The first-order valence-electron chi connectivity index (χ1n) is 12.0. The van der Waals surface area contributed by atoms with Crippen molar-refractivity contribution in [2.24, 2.45) is 10.2 Å². The molecule has 37 heavy (non-hydrogen) atoms. The summed E-state index contributed by atoms with van der Waals surface area (Å²) >= 11 is 0. The van der Waals surface area contributed by atoms with E-state index in [1.807, 2.05) is 0 Å². The van der Waals surface area contributed by atoms with E-state index in [4.69, 9.17) is 9.47 Å². The fourth-order valence-corrected chi connectivity index (χ4v) is 4.23. The van der Waals surface area contributed by atoms with Gasteiger partial charge in [0.05, 0.1) is 43.3 Å². The van der Waals surface area contributed by atoms with Crippen molar-refractivity contribution in [3.05, 3.63) is 69.9 Å². The van der Waals surface area contributed by atoms with Gasteiger partial charge >= 0.3 is 0 Å². The van der Waals surface area contributed by atoms with Crippen LogP contribution in [0.25, 0.3) is 11.1 Å². The lowest BCUT2D eigenvalue weighted by Crippen LogP contribution is -2.30. The van der Waals surface area contributed by atoms with Crippen LogP contribution in [-0.4, -0.2) is 53.2 Å². The van der Waals surface area contributed by atoms with Crippen LogP contribution in [0.5, 0.6) is 17.2 Å². The highest BCUT2D eigenvalue weighted by Gasteiger charge is 2.28. The van der Waals surface area contributed by atoms with E-state index in [2.05, 4.69) is 32.4 Å². The molecule has 3 heterocycles. The normalized spacial score (nSPS) is 12.6. The highest BCUT2D eigenvalue weighted by Crippen LogP contribution is 2.45. The van der Waals surface area contributed by atoms with Crippen LogP contribution in [-0.2, 0) is 6.42 Å². The van der Waals surface area contributed by atoms with E-state index in [9.17, 15) is 14.7 Å². The number of nitrogens with zero attached hydrogens (tertiary/aromatic N) is 3. The third-order valence-electron chi connectivity index (χ3n) is 6.09. The largest absolute Gasteiger partial charge is 0.506 e. The smallest absolute Gasteiger partial charge is 0.261 e. The van der Waals surface area contributed by atoms with Gasteiger partial charge < -0.3 is 24.9 Å². The number of methoxy groups -OCH3 is 2. The number of aromatic hydroxyl groups is 1. The van der Waals surface area contributed by atoms with Gasteiger partial charge in [0.25, 0.3) is 11.5 Å². The standard InChI is InChI=1S/C27H29N5O5/c1-4-5-7-18-22(24-20(36-2)8-6-9-21(24)37-3)25(33)23(27(35)30-18)19-14-17(31-32-19)15-29-26(34)16-10-12-28-13-11-16/h6,8-13H,4-5,7,14-15H2,1-3H3,(H,29,34)(H2,30,33,35). The van der Waals surface area contributed by atoms with Crippen molar-refractivity contribution in [1.29, 1.82) is 0 Å². The molecule has 1 amide bonds. The molecule has 0 fully saturated rings. The van der Waals surface area contributed by atoms with Crippen LogP contribution in [0, 0.1) is 0 Å². The Balaban J connectivity index is 1.67. The summed E-state index contributed by atoms with van der Waals surface area (Å²) in [4.78, 5) is 32.4. The molecule has 0 spiro atoms. The molecule has 1 aliphatic heterocycles. The van der Waals surface area contributed by atoms with Crippen LogP contribution in [0.4, 0.5) is 0 Å². The van der Waals surface area contributed by atoms with Gasteiger partial charge in [0.15, 0.2) is 0 Å². The van der Waals surface area contributed by atoms with E-state index >= 15 is 0 Å². The Morgan fingerprint density at radius 3 is 2.41 bits per heavy atom. The number of rotatable bonds is 10. The monoisotopic (exact) mass is 503 g/mol. The summed E-state index contributed by atoms with van der Waals surface area (Å²) in [6.07, 6.45) is 5.54. The molecule has 0 saturated heterocycles. The van der Waals surface area contributed by atoms with E-state index in [-0.39, 0.29) is 30.2 Å². The maximum atomic E-state index is 13.2. The van der Waals surface area contributed by atoms with Crippen molar-refractivity contribution in [2.75, 3.05) is 20.8 Å². The number of aromatic nitrogens is 2. The number of carbonyl (C=O) groups excluding carboxylic acids is 1. The Morgan fingerprint density at radius 2 is 1.76 bits per heavy atom. The molecule has 192 valence electrons. The van der Waals surface area contributed by atoms with Crippen molar-refractivity contribution in [2.45, 2.75) is 32.6 Å². The summed E-state index contributed by atoms with van der Waals surface area (Å²) in [5.41, 5.74) is 2.46. The number of aryl methyl sites for hydroxylation is 1. The zero-order valence-corrected chi connectivity index (χ0v) is 21.0. The van der Waals surface area contributed by atoms with Crippen molar-refractivity contribution >= 4 is 17.3 Å². The number of unbranched alkanes of at least 4 members (excludes halogenated alkanes) is 1. The van der Waals surface area contributed by atoms with E-state index < -0.39 is 5.56 Å². The highest BCUT2D eigenvalue weighted by molar-refractivity contribution is 6.17. The summed E-state index contributed by atoms with van der Waals surface area (Å²) < 4.78 is 11.2. The minimum absolute atomic E-state index is 0.0300. The third kappa shape index (κ3) is 5.37. The van der Waals surface area contributed by atoms with Crippen LogP contribution >= 0.6 is 0 Å². The van der Waals surface area contributed by atoms with Crippen LogP contribution < -0.4 is 20.3 Å². The summed E-state index contributed by atoms with van der Waals surface area (Å²) in [5.74, 6) is 0.503. The van der Waals surface area contributed by atoms with Gasteiger partial charge in [-0.05, 0) is 37.1 Å². The van der Waals surface area contributed by atoms with Crippen molar-refractivity contribution < 1.29 is 19.4 Å². The fraction of sp³-hybridized carbons (Fsp3) is 0.296. The molecule has 4 rings (SSSR count).